The predicted molar refractivity (Wildman–Crippen MR) is 124 cm³/mol. The molecule has 1 aromatic heterocycles. The van der Waals surface area contributed by atoms with E-state index in [4.69, 9.17) is 16.0 Å². The van der Waals surface area contributed by atoms with Crippen LogP contribution in [0.3, 0.4) is 0 Å². The average Bonchev–Trinajstić information content (AvgIpc) is 3.40. The summed E-state index contributed by atoms with van der Waals surface area (Å²) in [7, 11) is 0. The van der Waals surface area contributed by atoms with Gasteiger partial charge in [0.15, 0.2) is 11.0 Å². The molecule has 1 saturated heterocycles. The van der Waals surface area contributed by atoms with Crippen LogP contribution in [0.5, 0.6) is 0 Å². The van der Waals surface area contributed by atoms with E-state index in [1.807, 2.05) is 0 Å². The lowest BCUT2D eigenvalue weighted by Crippen LogP contribution is -2.26. The number of hydrogen-bond donors (Lipinski definition) is 1. The van der Waals surface area contributed by atoms with Crippen LogP contribution in [0.2, 0.25) is 5.02 Å². The molecule has 11 heteroatoms. The quantitative estimate of drug-likeness (QED) is 0.260. The van der Waals surface area contributed by atoms with E-state index in [0.29, 0.717) is 5.56 Å². The maximum atomic E-state index is 13.0. The summed E-state index contributed by atoms with van der Waals surface area (Å²) in [6.45, 7) is 0. The number of ketones is 1. The number of rotatable bonds is 6. The van der Waals surface area contributed by atoms with Crippen LogP contribution in [-0.4, -0.2) is 28.3 Å². The molecule has 0 radical (unpaired) electrons. The van der Waals surface area contributed by atoms with Gasteiger partial charge in [-0.25, -0.2) is 0 Å². The van der Waals surface area contributed by atoms with E-state index in [1.54, 1.807) is 30.3 Å². The largest absolute Gasteiger partial charge is 0.455 e. The highest BCUT2D eigenvalue weighted by Crippen LogP contribution is 2.36. The van der Waals surface area contributed by atoms with Crippen molar-refractivity contribution in [1.82, 2.24) is 5.32 Å². The highest BCUT2D eigenvalue weighted by molar-refractivity contribution is 8.15. The SMILES string of the molecule is O=C(CC1S/C(=N/N=C/c2ccc(-c3cc(C(F)(F)F)ccc3Cl)o2)NC1=O)c1ccccc1. The number of thioether (sulfide) groups is 1. The lowest BCUT2D eigenvalue weighted by Gasteiger charge is -2.08. The second kappa shape index (κ2) is 9.86. The number of hydrogen-bond acceptors (Lipinski definition) is 6. The number of carbonyl (C=O) groups excluding carboxylic acids is 2. The number of Topliss-reactive ketones (excluding diaryl/α,β-unsaturated/α-hetero) is 1. The van der Waals surface area contributed by atoms with Crippen molar-refractivity contribution in [3.8, 4) is 11.3 Å². The summed E-state index contributed by atoms with van der Waals surface area (Å²) in [4.78, 5) is 24.5. The molecule has 0 aliphatic carbocycles. The third kappa shape index (κ3) is 5.57. The molecule has 3 aromatic rings. The number of alkyl halides is 3. The normalized spacial score (nSPS) is 17.5. The molecule has 174 valence electrons. The van der Waals surface area contributed by atoms with Crippen LogP contribution in [0.15, 0.2) is 75.3 Å². The lowest BCUT2D eigenvalue weighted by molar-refractivity contribution is -0.137. The molecule has 1 amide bonds. The Hall–Kier alpha value is -3.37. The standard InChI is InChI=1S/C23H15ClF3N3O3S/c24-17-8-6-14(23(25,26)27)10-16(17)19-9-7-15(33-19)12-28-30-22-29-21(32)20(34-22)11-18(31)13-4-2-1-3-5-13/h1-10,12,20H,11H2,(H,29,30,32)/b28-12+. The second-order valence-corrected chi connectivity index (χ2v) is 8.73. The number of amides is 1. The van der Waals surface area contributed by atoms with Crippen molar-refractivity contribution in [2.75, 3.05) is 0 Å². The van der Waals surface area contributed by atoms with Crippen LogP contribution >= 0.6 is 23.4 Å². The summed E-state index contributed by atoms with van der Waals surface area (Å²) in [5, 5.41) is 10.0. The Morgan fingerprint density at radius 2 is 1.91 bits per heavy atom. The van der Waals surface area contributed by atoms with Crippen molar-refractivity contribution in [2.24, 2.45) is 10.2 Å². The molecule has 1 unspecified atom stereocenters. The summed E-state index contributed by atoms with van der Waals surface area (Å²) >= 11 is 7.12. The van der Waals surface area contributed by atoms with Crippen molar-refractivity contribution >= 4 is 46.4 Å². The summed E-state index contributed by atoms with van der Waals surface area (Å²) in [6, 6.07) is 14.6. The third-order valence-corrected chi connectivity index (χ3v) is 6.16. The van der Waals surface area contributed by atoms with Crippen LogP contribution in [0.4, 0.5) is 13.2 Å². The number of furan rings is 1. The van der Waals surface area contributed by atoms with Crippen LogP contribution < -0.4 is 5.32 Å². The molecule has 0 spiro atoms. The van der Waals surface area contributed by atoms with Gasteiger partial charge in [0.1, 0.15) is 11.5 Å². The van der Waals surface area contributed by atoms with E-state index >= 15 is 0 Å². The number of nitrogens with one attached hydrogen (secondary N) is 1. The lowest BCUT2D eigenvalue weighted by atomic mass is 10.1. The fraction of sp³-hybridized carbons (Fsp3) is 0.130. The Labute approximate surface area is 200 Å². The van der Waals surface area contributed by atoms with E-state index in [0.717, 1.165) is 30.0 Å². The Morgan fingerprint density at radius 1 is 1.15 bits per heavy atom. The van der Waals surface area contributed by atoms with Crippen LogP contribution in [0.25, 0.3) is 11.3 Å². The van der Waals surface area contributed by atoms with E-state index in [9.17, 15) is 22.8 Å². The summed E-state index contributed by atoms with van der Waals surface area (Å²) in [6.07, 6.45) is -3.25. The molecular formula is C23H15ClF3N3O3S. The summed E-state index contributed by atoms with van der Waals surface area (Å²) < 4.78 is 44.5. The van der Waals surface area contributed by atoms with E-state index in [2.05, 4.69) is 15.5 Å². The topological polar surface area (TPSA) is 84.0 Å². The monoisotopic (exact) mass is 505 g/mol. The van der Waals surface area contributed by atoms with Gasteiger partial charge < -0.3 is 9.73 Å². The number of halogens is 4. The van der Waals surface area contributed by atoms with Gasteiger partial charge >= 0.3 is 6.18 Å². The van der Waals surface area contributed by atoms with Crippen LogP contribution in [0.1, 0.15) is 28.1 Å². The van der Waals surface area contributed by atoms with E-state index in [-0.39, 0.29) is 45.4 Å². The van der Waals surface area contributed by atoms with E-state index in [1.165, 1.54) is 18.3 Å². The maximum absolute atomic E-state index is 13.0. The minimum absolute atomic E-state index is 0.0164. The van der Waals surface area contributed by atoms with Gasteiger partial charge in [-0.05, 0) is 30.3 Å². The molecule has 1 aliphatic heterocycles. The van der Waals surface area contributed by atoms with Gasteiger partial charge in [0, 0.05) is 17.5 Å². The number of amidine groups is 1. The van der Waals surface area contributed by atoms with Crippen molar-refractivity contribution in [3.05, 3.63) is 82.6 Å². The molecule has 4 rings (SSSR count). The zero-order valence-electron chi connectivity index (χ0n) is 17.2. The zero-order valence-corrected chi connectivity index (χ0v) is 18.7. The molecule has 6 nitrogen and oxygen atoms in total. The number of benzene rings is 2. The highest BCUT2D eigenvalue weighted by atomic mass is 35.5. The Balaban J connectivity index is 1.41. The van der Waals surface area contributed by atoms with Gasteiger partial charge in [-0.2, -0.15) is 18.3 Å². The summed E-state index contributed by atoms with van der Waals surface area (Å²) in [5.74, 6) is -0.150. The van der Waals surface area contributed by atoms with Crippen LogP contribution in [0, 0.1) is 0 Å². The smallest absolute Gasteiger partial charge is 0.416 e. The minimum atomic E-state index is -4.51. The van der Waals surface area contributed by atoms with Crippen LogP contribution in [-0.2, 0) is 11.0 Å². The predicted octanol–water partition coefficient (Wildman–Crippen LogP) is 5.81. The minimum Gasteiger partial charge on any atom is -0.455 e. The molecule has 0 bridgehead atoms. The third-order valence-electron chi connectivity index (χ3n) is 4.76. The van der Waals surface area contributed by atoms with Gasteiger partial charge in [-0.3, -0.25) is 9.59 Å². The van der Waals surface area contributed by atoms with Gasteiger partial charge in [0.25, 0.3) is 0 Å². The van der Waals surface area contributed by atoms with Gasteiger partial charge in [-0.15, -0.1) is 5.10 Å². The molecule has 1 aliphatic rings. The molecule has 34 heavy (non-hydrogen) atoms. The Morgan fingerprint density at radius 3 is 2.65 bits per heavy atom. The average molecular weight is 506 g/mol. The molecular weight excluding hydrogens is 491 g/mol. The second-order valence-electron chi connectivity index (χ2n) is 7.13. The first-order chi connectivity index (χ1) is 16.2. The number of carbonyl (C=O) groups is 2. The molecule has 1 atom stereocenters. The zero-order chi connectivity index (χ0) is 24.3. The Bertz CT molecular complexity index is 1290. The molecule has 2 heterocycles. The summed E-state index contributed by atoms with van der Waals surface area (Å²) in [5.41, 5.74) is -0.236. The molecule has 2 aromatic carbocycles. The van der Waals surface area contributed by atoms with Crippen molar-refractivity contribution in [3.63, 3.8) is 0 Å². The van der Waals surface area contributed by atoms with Gasteiger partial charge in [0.2, 0.25) is 5.91 Å². The highest BCUT2D eigenvalue weighted by Gasteiger charge is 2.33. The number of nitrogens with zero attached hydrogens (tertiary/aromatic N) is 2. The molecule has 1 N–H and O–H groups in total. The first-order valence-corrected chi connectivity index (χ1v) is 11.1. The maximum Gasteiger partial charge on any atom is 0.416 e. The molecule has 1 fully saturated rings. The van der Waals surface area contributed by atoms with Crippen molar-refractivity contribution in [2.45, 2.75) is 17.8 Å². The van der Waals surface area contributed by atoms with Gasteiger partial charge in [-0.1, -0.05) is 53.7 Å². The first kappa shape index (κ1) is 23.8. The van der Waals surface area contributed by atoms with Crippen molar-refractivity contribution < 1.29 is 27.2 Å². The van der Waals surface area contributed by atoms with Crippen molar-refractivity contribution in [1.29, 1.82) is 0 Å². The molecule has 0 saturated carbocycles. The van der Waals surface area contributed by atoms with E-state index < -0.39 is 17.0 Å². The fourth-order valence-electron chi connectivity index (χ4n) is 3.09. The first-order valence-electron chi connectivity index (χ1n) is 9.84. The van der Waals surface area contributed by atoms with Gasteiger partial charge in [0.05, 0.1) is 22.1 Å². The Kier molecular flexibility index (Phi) is 6.90. The fourth-order valence-corrected chi connectivity index (χ4v) is 4.23.